The average molecular weight is 464 g/mol. The van der Waals surface area contributed by atoms with Crippen molar-refractivity contribution in [3.8, 4) is 0 Å². The summed E-state index contributed by atoms with van der Waals surface area (Å²) in [7, 11) is 0. The summed E-state index contributed by atoms with van der Waals surface area (Å²) in [4.78, 5) is 19.4. The number of hydrogen-bond donors (Lipinski definition) is 2. The van der Waals surface area contributed by atoms with E-state index < -0.39 is 0 Å². The molecule has 1 amide bonds. The first-order valence-electron chi connectivity index (χ1n) is 9.93. The van der Waals surface area contributed by atoms with Gasteiger partial charge in [0, 0.05) is 38.1 Å². The maximum Gasteiger partial charge on any atom is 0.225 e. The smallest absolute Gasteiger partial charge is 0.225 e. The Labute approximate surface area is 170 Å². The quantitative estimate of drug-likeness (QED) is 0.360. The first-order chi connectivity index (χ1) is 11.6. The number of amides is 1. The number of likely N-dealkylation sites (tertiary alicyclic amines) is 1. The summed E-state index contributed by atoms with van der Waals surface area (Å²) < 4.78 is 0. The second-order valence-corrected chi connectivity index (χ2v) is 7.69. The summed E-state index contributed by atoms with van der Waals surface area (Å²) in [5.41, 5.74) is 0. The molecule has 2 rings (SSSR count). The Morgan fingerprint density at radius 2 is 1.92 bits per heavy atom. The van der Waals surface area contributed by atoms with Crippen LogP contribution in [0.1, 0.15) is 65.7 Å². The number of nitrogens with zero attached hydrogens (tertiary/aromatic N) is 2. The number of guanidine groups is 1. The van der Waals surface area contributed by atoms with Crippen LogP contribution in [0.5, 0.6) is 0 Å². The highest BCUT2D eigenvalue weighted by molar-refractivity contribution is 14.0. The zero-order valence-corrected chi connectivity index (χ0v) is 18.6. The summed E-state index contributed by atoms with van der Waals surface area (Å²) in [6.45, 7) is 9.97. The third-order valence-corrected chi connectivity index (χ3v) is 5.12. The maximum absolute atomic E-state index is 12.7. The van der Waals surface area contributed by atoms with Crippen LogP contribution in [0, 0.1) is 11.8 Å². The van der Waals surface area contributed by atoms with Gasteiger partial charge in [-0.2, -0.15) is 0 Å². The molecule has 1 atom stereocenters. The Morgan fingerprint density at radius 1 is 1.20 bits per heavy atom. The van der Waals surface area contributed by atoms with Crippen LogP contribution in [0.4, 0.5) is 0 Å². The van der Waals surface area contributed by atoms with Gasteiger partial charge in [0.2, 0.25) is 5.91 Å². The van der Waals surface area contributed by atoms with Gasteiger partial charge in [0.1, 0.15) is 0 Å². The molecule has 0 spiro atoms. The van der Waals surface area contributed by atoms with Crippen molar-refractivity contribution >= 4 is 35.8 Å². The van der Waals surface area contributed by atoms with Crippen molar-refractivity contribution in [1.82, 2.24) is 15.5 Å². The number of aliphatic imine (C=N–C) groups is 1. The van der Waals surface area contributed by atoms with Crippen molar-refractivity contribution in [2.75, 3.05) is 26.2 Å². The molecule has 2 fully saturated rings. The van der Waals surface area contributed by atoms with Crippen LogP contribution in [-0.4, -0.2) is 49.0 Å². The molecule has 25 heavy (non-hydrogen) atoms. The molecule has 1 aliphatic carbocycles. The molecule has 1 unspecified atom stereocenters. The molecule has 6 heteroatoms. The predicted molar refractivity (Wildman–Crippen MR) is 116 cm³/mol. The van der Waals surface area contributed by atoms with E-state index in [0.717, 1.165) is 57.8 Å². The molecule has 2 N–H and O–H groups in total. The summed E-state index contributed by atoms with van der Waals surface area (Å²) in [6.07, 6.45) is 8.05. The summed E-state index contributed by atoms with van der Waals surface area (Å²) in [5.74, 6) is 2.24. The topological polar surface area (TPSA) is 56.7 Å². The fourth-order valence-corrected chi connectivity index (χ4v) is 3.63. The van der Waals surface area contributed by atoms with Gasteiger partial charge in [0.15, 0.2) is 5.96 Å². The Morgan fingerprint density at radius 3 is 2.56 bits per heavy atom. The molecule has 146 valence electrons. The molecule has 1 saturated heterocycles. The largest absolute Gasteiger partial charge is 0.357 e. The Kier molecular flexibility index (Phi) is 10.8. The van der Waals surface area contributed by atoms with Crippen molar-refractivity contribution < 1.29 is 4.79 Å². The van der Waals surface area contributed by atoms with E-state index in [9.17, 15) is 4.79 Å². The zero-order valence-electron chi connectivity index (χ0n) is 16.2. The van der Waals surface area contributed by atoms with Crippen LogP contribution in [0.3, 0.4) is 0 Å². The lowest BCUT2D eigenvalue weighted by Gasteiger charge is -2.26. The van der Waals surface area contributed by atoms with E-state index >= 15 is 0 Å². The molecule has 0 aromatic carbocycles. The van der Waals surface area contributed by atoms with Gasteiger partial charge in [-0.1, -0.05) is 33.1 Å². The van der Waals surface area contributed by atoms with Crippen LogP contribution in [0.15, 0.2) is 4.99 Å². The molecule has 0 aromatic heterocycles. The highest BCUT2D eigenvalue weighted by Gasteiger charge is 2.31. The minimum absolute atomic E-state index is 0. The lowest BCUT2D eigenvalue weighted by Crippen LogP contribution is -2.45. The van der Waals surface area contributed by atoms with Gasteiger partial charge in [-0.05, 0) is 38.5 Å². The number of rotatable bonds is 6. The van der Waals surface area contributed by atoms with E-state index in [0.29, 0.717) is 17.9 Å². The number of hydrogen-bond acceptors (Lipinski definition) is 2. The van der Waals surface area contributed by atoms with Gasteiger partial charge >= 0.3 is 0 Å². The van der Waals surface area contributed by atoms with Crippen molar-refractivity contribution in [2.45, 2.75) is 71.8 Å². The number of nitrogens with one attached hydrogen (secondary N) is 2. The van der Waals surface area contributed by atoms with Gasteiger partial charge in [0.25, 0.3) is 0 Å². The Bertz CT molecular complexity index is 422. The first-order valence-corrected chi connectivity index (χ1v) is 9.93. The number of carbonyl (C=O) groups is 1. The van der Waals surface area contributed by atoms with Gasteiger partial charge in [0.05, 0.1) is 0 Å². The fraction of sp³-hybridized carbons (Fsp3) is 0.895. The van der Waals surface area contributed by atoms with E-state index in [1.807, 2.05) is 0 Å². The monoisotopic (exact) mass is 464 g/mol. The molecule has 1 saturated carbocycles. The third kappa shape index (κ3) is 7.71. The summed E-state index contributed by atoms with van der Waals surface area (Å²) in [6, 6.07) is 0.328. The van der Waals surface area contributed by atoms with Crippen LogP contribution < -0.4 is 10.6 Å². The molecule has 1 heterocycles. The number of halogens is 1. The average Bonchev–Trinajstić information content (AvgIpc) is 3.03. The van der Waals surface area contributed by atoms with Gasteiger partial charge < -0.3 is 15.5 Å². The summed E-state index contributed by atoms with van der Waals surface area (Å²) >= 11 is 0. The molecule has 1 aliphatic heterocycles. The normalized spacial score (nSPS) is 22.0. The second-order valence-electron chi connectivity index (χ2n) is 7.69. The van der Waals surface area contributed by atoms with Gasteiger partial charge in [-0.3, -0.25) is 9.79 Å². The van der Waals surface area contributed by atoms with Gasteiger partial charge in [-0.25, -0.2) is 0 Å². The zero-order chi connectivity index (χ0) is 17.4. The van der Waals surface area contributed by atoms with E-state index in [1.165, 1.54) is 19.3 Å². The fourth-order valence-electron chi connectivity index (χ4n) is 3.63. The van der Waals surface area contributed by atoms with Crippen molar-refractivity contribution in [2.24, 2.45) is 16.8 Å². The van der Waals surface area contributed by atoms with E-state index in [4.69, 9.17) is 0 Å². The van der Waals surface area contributed by atoms with Crippen LogP contribution in [0.25, 0.3) is 0 Å². The number of carbonyl (C=O) groups excluding carboxylic acids is 1. The van der Waals surface area contributed by atoms with E-state index in [1.54, 1.807) is 0 Å². The van der Waals surface area contributed by atoms with Crippen LogP contribution in [0.2, 0.25) is 0 Å². The maximum atomic E-state index is 12.7. The molecule has 0 bridgehead atoms. The standard InChI is InChI=1S/C19H36N4O.HI/c1-4-20-19(21-12-10-15(2)3)22-17-11-13-23(14-17)18(24)16-8-6-5-7-9-16;/h15-17H,4-14H2,1-3H3,(H2,20,21,22);1H. The molecule has 0 aromatic rings. The van der Waals surface area contributed by atoms with Crippen molar-refractivity contribution in [3.63, 3.8) is 0 Å². The predicted octanol–water partition coefficient (Wildman–Crippen LogP) is 3.39. The highest BCUT2D eigenvalue weighted by Crippen LogP contribution is 2.26. The molecule has 0 radical (unpaired) electrons. The minimum atomic E-state index is 0. The van der Waals surface area contributed by atoms with Crippen molar-refractivity contribution in [3.05, 3.63) is 0 Å². The summed E-state index contributed by atoms with van der Waals surface area (Å²) in [5, 5.41) is 6.85. The molecule has 2 aliphatic rings. The Hall–Kier alpha value is -0.530. The highest BCUT2D eigenvalue weighted by atomic mass is 127. The lowest BCUT2D eigenvalue weighted by molar-refractivity contribution is -0.135. The van der Waals surface area contributed by atoms with E-state index in [2.05, 4.69) is 41.3 Å². The second kappa shape index (κ2) is 12.0. The van der Waals surface area contributed by atoms with E-state index in [-0.39, 0.29) is 29.9 Å². The molecular formula is C19H37IN4O. The third-order valence-electron chi connectivity index (χ3n) is 5.12. The first kappa shape index (κ1) is 22.5. The molecule has 5 nitrogen and oxygen atoms in total. The van der Waals surface area contributed by atoms with Crippen LogP contribution in [-0.2, 0) is 4.79 Å². The van der Waals surface area contributed by atoms with Crippen molar-refractivity contribution in [1.29, 1.82) is 0 Å². The lowest BCUT2D eigenvalue weighted by atomic mass is 9.88. The van der Waals surface area contributed by atoms with Crippen LogP contribution >= 0.6 is 24.0 Å². The molecular weight excluding hydrogens is 427 g/mol. The van der Waals surface area contributed by atoms with Gasteiger partial charge in [-0.15, -0.1) is 24.0 Å². The SMILES string of the molecule is CCNC(=NCCC(C)C)NC1CCN(C(=O)C2CCCCC2)C1.I. The minimum Gasteiger partial charge on any atom is -0.357 e. The Balaban J connectivity index is 0.00000312.